The van der Waals surface area contributed by atoms with E-state index >= 15 is 0 Å². The summed E-state index contributed by atoms with van der Waals surface area (Å²) in [4.78, 5) is 29.2. The average Bonchev–Trinajstić information content (AvgIpc) is 3.14. The van der Waals surface area contributed by atoms with Crippen molar-refractivity contribution in [2.45, 2.75) is 6.04 Å². The van der Waals surface area contributed by atoms with Crippen molar-refractivity contribution in [1.29, 1.82) is 0 Å². The Morgan fingerprint density at radius 3 is 1.71 bits per heavy atom. The van der Waals surface area contributed by atoms with Gasteiger partial charge >= 0.3 is 0 Å². The van der Waals surface area contributed by atoms with E-state index in [1.54, 1.807) is 29.2 Å². The van der Waals surface area contributed by atoms with Gasteiger partial charge in [-0.1, -0.05) is 78.7 Å². The minimum Gasteiger partial charge on any atom is -0.316 e. The first-order chi connectivity index (χ1) is 16.7. The second kappa shape index (κ2) is 10.0. The number of carbonyl (C=O) groups is 2. The molecule has 2 N–H and O–H groups in total. The molecule has 0 unspecified atom stereocenters. The van der Waals surface area contributed by atoms with Crippen LogP contribution in [0.3, 0.4) is 0 Å². The molecule has 2 aliphatic rings. The highest BCUT2D eigenvalue weighted by molar-refractivity contribution is 6.21. The number of hydrogen-bond acceptors (Lipinski definition) is 2. The Hall–Kier alpha value is -3.72. The Morgan fingerprint density at radius 2 is 1.18 bits per heavy atom. The topological polar surface area (TPSA) is 46.3 Å². The summed E-state index contributed by atoms with van der Waals surface area (Å²) in [6.45, 7) is 5.13. The molecule has 5 nitrogen and oxygen atoms in total. The average molecular weight is 452 g/mol. The molecular formula is C29H29N3O2+2. The first-order valence-corrected chi connectivity index (χ1v) is 11.9. The fourth-order valence-electron chi connectivity index (χ4n) is 5.05. The number of hydrogen-bond donors (Lipinski definition) is 2. The molecule has 0 spiro atoms. The zero-order valence-electron chi connectivity index (χ0n) is 19.2. The molecule has 5 rings (SSSR count). The van der Waals surface area contributed by atoms with Gasteiger partial charge in [0, 0.05) is 11.1 Å². The Kier molecular flexibility index (Phi) is 6.53. The normalized spacial score (nSPS) is 19.6. The van der Waals surface area contributed by atoms with E-state index < -0.39 is 0 Å². The predicted octanol–water partition coefficient (Wildman–Crippen LogP) is 0.859. The molecule has 3 aromatic carbocycles. The number of carbonyl (C=O) groups excluding carboxylic acids is 2. The SMILES string of the molecule is O=C1c2ccccc2C(=O)N1CC#CC[NH+]1CC[NH+](C(c2ccccc2)c2ccccc2)CC1. The van der Waals surface area contributed by atoms with Gasteiger partial charge in [-0.2, -0.15) is 0 Å². The Balaban J connectivity index is 1.18. The van der Waals surface area contributed by atoms with Crippen LogP contribution < -0.4 is 9.80 Å². The Bertz CT molecular complexity index is 1150. The lowest BCUT2D eigenvalue weighted by molar-refractivity contribution is -1.02. The van der Waals surface area contributed by atoms with E-state index in [2.05, 4.69) is 72.5 Å². The summed E-state index contributed by atoms with van der Waals surface area (Å²) in [6.07, 6.45) is 0. The highest BCUT2D eigenvalue weighted by Gasteiger charge is 2.34. The molecule has 170 valence electrons. The van der Waals surface area contributed by atoms with Gasteiger partial charge in [-0.3, -0.25) is 14.5 Å². The number of nitrogens with zero attached hydrogens (tertiary/aromatic N) is 1. The number of benzene rings is 3. The van der Waals surface area contributed by atoms with Crippen LogP contribution in [-0.2, 0) is 0 Å². The zero-order valence-corrected chi connectivity index (χ0v) is 19.2. The summed E-state index contributed by atoms with van der Waals surface area (Å²) in [7, 11) is 0. The van der Waals surface area contributed by atoms with Crippen LogP contribution in [0.15, 0.2) is 84.9 Å². The van der Waals surface area contributed by atoms with Crippen LogP contribution in [0, 0.1) is 11.8 Å². The minimum absolute atomic E-state index is 0.154. The molecule has 5 heteroatoms. The lowest BCUT2D eigenvalue weighted by Gasteiger charge is -2.34. The van der Waals surface area contributed by atoms with Crippen molar-refractivity contribution in [2.24, 2.45) is 0 Å². The molecule has 0 aromatic heterocycles. The van der Waals surface area contributed by atoms with E-state index in [1.807, 2.05) is 0 Å². The van der Waals surface area contributed by atoms with Crippen molar-refractivity contribution in [3.05, 3.63) is 107 Å². The number of quaternary nitrogens is 2. The third-order valence-electron chi connectivity index (χ3n) is 6.85. The zero-order chi connectivity index (χ0) is 23.3. The van der Waals surface area contributed by atoms with E-state index in [-0.39, 0.29) is 18.4 Å². The maximum absolute atomic E-state index is 12.5. The monoisotopic (exact) mass is 451 g/mol. The summed E-state index contributed by atoms with van der Waals surface area (Å²) >= 11 is 0. The number of piperazine rings is 1. The molecule has 1 fully saturated rings. The van der Waals surface area contributed by atoms with Crippen molar-refractivity contribution in [2.75, 3.05) is 39.3 Å². The molecule has 2 aliphatic heterocycles. The quantitative estimate of drug-likeness (QED) is 0.447. The van der Waals surface area contributed by atoms with Gasteiger partial charge in [0.15, 0.2) is 0 Å². The largest absolute Gasteiger partial charge is 0.316 e. The third-order valence-corrected chi connectivity index (χ3v) is 6.85. The van der Waals surface area contributed by atoms with Gasteiger partial charge < -0.3 is 9.80 Å². The van der Waals surface area contributed by atoms with Gasteiger partial charge in [0.25, 0.3) is 11.8 Å². The van der Waals surface area contributed by atoms with Crippen LogP contribution in [0.2, 0.25) is 0 Å². The summed E-state index contributed by atoms with van der Waals surface area (Å²) in [5, 5.41) is 0. The lowest BCUT2D eigenvalue weighted by atomic mass is 9.96. The number of nitrogens with one attached hydrogen (secondary N) is 2. The lowest BCUT2D eigenvalue weighted by Crippen LogP contribution is -3.28. The smallest absolute Gasteiger partial charge is 0.262 e. The summed E-state index contributed by atoms with van der Waals surface area (Å²) < 4.78 is 0. The molecule has 0 radical (unpaired) electrons. The second-order valence-corrected chi connectivity index (χ2v) is 8.93. The van der Waals surface area contributed by atoms with E-state index in [4.69, 9.17) is 0 Å². The van der Waals surface area contributed by atoms with E-state index in [0.717, 1.165) is 32.7 Å². The fourth-order valence-corrected chi connectivity index (χ4v) is 5.05. The standard InChI is InChI=1S/C29H27N3O2/c33-28-25-15-7-8-16-26(25)29(34)32(28)18-10-9-17-30-19-21-31(22-20-30)27(23-11-3-1-4-12-23)24-13-5-2-6-14-24/h1-8,11-16,27H,17-22H2/p+2. The molecule has 0 atom stereocenters. The molecule has 0 bridgehead atoms. The van der Waals surface area contributed by atoms with Gasteiger partial charge in [-0.15, -0.1) is 0 Å². The van der Waals surface area contributed by atoms with Crippen LogP contribution >= 0.6 is 0 Å². The molecule has 2 amide bonds. The maximum Gasteiger partial charge on any atom is 0.262 e. The molecular weight excluding hydrogens is 422 g/mol. The number of imide groups is 1. The summed E-state index contributed by atoms with van der Waals surface area (Å²) in [5.41, 5.74) is 3.66. The number of fused-ring (bicyclic) bond motifs is 1. The molecule has 0 saturated carbocycles. The Labute approximate surface area is 200 Å². The minimum atomic E-state index is -0.243. The molecule has 3 aromatic rings. The fraction of sp³-hybridized carbons (Fsp3) is 0.241. The van der Waals surface area contributed by atoms with Crippen LogP contribution in [-0.4, -0.2) is 56.0 Å². The van der Waals surface area contributed by atoms with E-state index in [1.165, 1.54) is 20.9 Å². The van der Waals surface area contributed by atoms with Crippen LogP contribution in [0.1, 0.15) is 37.9 Å². The molecule has 1 saturated heterocycles. The van der Waals surface area contributed by atoms with Crippen LogP contribution in [0.4, 0.5) is 0 Å². The predicted molar refractivity (Wildman–Crippen MR) is 131 cm³/mol. The van der Waals surface area contributed by atoms with Crippen molar-refractivity contribution >= 4 is 11.8 Å². The second-order valence-electron chi connectivity index (χ2n) is 8.93. The maximum atomic E-state index is 12.5. The number of rotatable bonds is 5. The van der Waals surface area contributed by atoms with Gasteiger partial charge in [-0.25, -0.2) is 0 Å². The van der Waals surface area contributed by atoms with E-state index in [0.29, 0.717) is 17.2 Å². The van der Waals surface area contributed by atoms with Crippen LogP contribution in [0.5, 0.6) is 0 Å². The van der Waals surface area contributed by atoms with Crippen molar-refractivity contribution in [3.8, 4) is 11.8 Å². The third kappa shape index (κ3) is 4.51. The van der Waals surface area contributed by atoms with Gasteiger partial charge in [0.1, 0.15) is 38.8 Å². The van der Waals surface area contributed by atoms with Crippen molar-refractivity contribution in [1.82, 2.24) is 4.90 Å². The first-order valence-electron chi connectivity index (χ1n) is 11.9. The summed E-state index contributed by atoms with van der Waals surface area (Å²) in [5.74, 6) is 5.79. The van der Waals surface area contributed by atoms with Crippen molar-refractivity contribution in [3.63, 3.8) is 0 Å². The van der Waals surface area contributed by atoms with Gasteiger partial charge in [0.2, 0.25) is 0 Å². The van der Waals surface area contributed by atoms with E-state index in [9.17, 15) is 9.59 Å². The summed E-state index contributed by atoms with van der Waals surface area (Å²) in [6, 6.07) is 28.9. The highest BCUT2D eigenvalue weighted by atomic mass is 16.2. The molecule has 0 aliphatic carbocycles. The van der Waals surface area contributed by atoms with Gasteiger partial charge in [-0.05, 0) is 18.1 Å². The molecule has 2 heterocycles. The first kappa shape index (κ1) is 22.1. The molecule has 34 heavy (non-hydrogen) atoms. The van der Waals surface area contributed by atoms with Crippen LogP contribution in [0.25, 0.3) is 0 Å². The highest BCUT2D eigenvalue weighted by Crippen LogP contribution is 2.21. The van der Waals surface area contributed by atoms with Gasteiger partial charge in [0.05, 0.1) is 17.7 Å². The Morgan fingerprint density at radius 1 is 0.676 bits per heavy atom. The number of amides is 2. The van der Waals surface area contributed by atoms with Crippen molar-refractivity contribution < 1.29 is 19.4 Å².